The molecular formula is C15H20N6O. The van der Waals surface area contributed by atoms with Crippen molar-refractivity contribution in [1.29, 1.82) is 0 Å². The molecule has 1 aliphatic heterocycles. The van der Waals surface area contributed by atoms with Gasteiger partial charge in [-0.05, 0) is 31.5 Å². The topological polar surface area (TPSA) is 75.1 Å². The van der Waals surface area contributed by atoms with Crippen LogP contribution in [0.5, 0.6) is 0 Å². The minimum absolute atomic E-state index is 0.0236. The maximum absolute atomic E-state index is 11.9. The standard InChI is InChI=1S/C15H20N6O/c1-10-4-5-12(8-13(10)21-7-6-16-15(21)22)19-11(2)14-17-9-18-20(14)3/h4-5,8-9,11,19H,6-7H2,1-3H3,(H,16,22). The third-order valence-electron chi connectivity index (χ3n) is 3.87. The van der Waals surface area contributed by atoms with Crippen molar-refractivity contribution in [3.63, 3.8) is 0 Å². The molecule has 116 valence electrons. The fourth-order valence-corrected chi connectivity index (χ4v) is 2.70. The molecule has 0 aliphatic carbocycles. The smallest absolute Gasteiger partial charge is 0.322 e. The molecule has 0 bridgehead atoms. The van der Waals surface area contributed by atoms with E-state index in [-0.39, 0.29) is 12.1 Å². The van der Waals surface area contributed by atoms with Gasteiger partial charge >= 0.3 is 6.03 Å². The van der Waals surface area contributed by atoms with E-state index >= 15 is 0 Å². The summed E-state index contributed by atoms with van der Waals surface area (Å²) in [4.78, 5) is 17.9. The Morgan fingerprint density at radius 1 is 1.41 bits per heavy atom. The maximum atomic E-state index is 11.9. The van der Waals surface area contributed by atoms with Gasteiger partial charge in [0.1, 0.15) is 12.2 Å². The van der Waals surface area contributed by atoms with Crippen LogP contribution in [0, 0.1) is 6.92 Å². The molecule has 1 unspecified atom stereocenters. The lowest BCUT2D eigenvalue weighted by Gasteiger charge is -2.20. The summed E-state index contributed by atoms with van der Waals surface area (Å²) in [6.45, 7) is 5.43. The van der Waals surface area contributed by atoms with Crippen molar-refractivity contribution in [2.75, 3.05) is 23.3 Å². The Bertz CT molecular complexity index is 695. The number of urea groups is 1. The fraction of sp³-hybridized carbons (Fsp3) is 0.400. The first-order valence-electron chi connectivity index (χ1n) is 7.32. The number of nitrogens with one attached hydrogen (secondary N) is 2. The Morgan fingerprint density at radius 3 is 2.86 bits per heavy atom. The summed E-state index contributed by atoms with van der Waals surface area (Å²) in [5.41, 5.74) is 2.97. The Morgan fingerprint density at radius 2 is 2.23 bits per heavy atom. The molecule has 2 aromatic rings. The normalized spacial score (nSPS) is 15.8. The highest BCUT2D eigenvalue weighted by Crippen LogP contribution is 2.27. The van der Waals surface area contributed by atoms with Crippen molar-refractivity contribution >= 4 is 17.4 Å². The van der Waals surface area contributed by atoms with Gasteiger partial charge in [-0.1, -0.05) is 6.07 Å². The molecule has 2 amide bonds. The van der Waals surface area contributed by atoms with Crippen molar-refractivity contribution in [2.45, 2.75) is 19.9 Å². The van der Waals surface area contributed by atoms with Gasteiger partial charge in [-0.2, -0.15) is 5.10 Å². The Balaban J connectivity index is 1.83. The number of aryl methyl sites for hydroxylation is 2. The summed E-state index contributed by atoms with van der Waals surface area (Å²) >= 11 is 0. The van der Waals surface area contributed by atoms with Crippen LogP contribution in [0.1, 0.15) is 24.4 Å². The molecule has 1 atom stereocenters. The van der Waals surface area contributed by atoms with E-state index < -0.39 is 0 Å². The zero-order chi connectivity index (χ0) is 15.7. The molecule has 3 rings (SSSR count). The van der Waals surface area contributed by atoms with Gasteiger partial charge in [0, 0.05) is 25.8 Å². The number of rotatable bonds is 4. The van der Waals surface area contributed by atoms with Gasteiger partial charge in [-0.25, -0.2) is 9.78 Å². The SMILES string of the molecule is Cc1ccc(NC(C)c2ncnn2C)cc1N1CCNC1=O. The lowest BCUT2D eigenvalue weighted by molar-refractivity contribution is 0.252. The molecule has 0 saturated carbocycles. The first-order chi connectivity index (χ1) is 10.6. The van der Waals surface area contributed by atoms with Crippen LogP contribution in [0.2, 0.25) is 0 Å². The van der Waals surface area contributed by atoms with Gasteiger partial charge in [-0.3, -0.25) is 9.58 Å². The molecule has 1 aliphatic rings. The minimum atomic E-state index is -0.0402. The molecule has 2 N–H and O–H groups in total. The number of benzene rings is 1. The number of anilines is 2. The first-order valence-corrected chi connectivity index (χ1v) is 7.32. The van der Waals surface area contributed by atoms with E-state index in [1.807, 2.05) is 39.1 Å². The molecule has 7 nitrogen and oxygen atoms in total. The summed E-state index contributed by atoms with van der Waals surface area (Å²) in [7, 11) is 1.87. The van der Waals surface area contributed by atoms with Crippen LogP contribution < -0.4 is 15.5 Å². The van der Waals surface area contributed by atoms with Crippen LogP contribution in [0.3, 0.4) is 0 Å². The molecule has 0 spiro atoms. The number of carbonyl (C=O) groups excluding carboxylic acids is 1. The summed E-state index contributed by atoms with van der Waals surface area (Å²) in [6.07, 6.45) is 1.54. The Kier molecular flexibility index (Phi) is 3.70. The zero-order valence-electron chi connectivity index (χ0n) is 13.0. The van der Waals surface area contributed by atoms with Gasteiger partial charge in [0.25, 0.3) is 0 Å². The zero-order valence-corrected chi connectivity index (χ0v) is 13.0. The van der Waals surface area contributed by atoms with Crippen LogP contribution in [-0.4, -0.2) is 33.9 Å². The van der Waals surface area contributed by atoms with Crippen LogP contribution >= 0.6 is 0 Å². The Hall–Kier alpha value is -2.57. The van der Waals surface area contributed by atoms with Crippen molar-refractivity contribution in [3.05, 3.63) is 35.9 Å². The fourth-order valence-electron chi connectivity index (χ4n) is 2.70. The van der Waals surface area contributed by atoms with E-state index in [0.29, 0.717) is 13.1 Å². The summed E-state index contributed by atoms with van der Waals surface area (Å²) in [5.74, 6) is 0.862. The van der Waals surface area contributed by atoms with Crippen LogP contribution in [0.4, 0.5) is 16.2 Å². The van der Waals surface area contributed by atoms with Crippen molar-refractivity contribution < 1.29 is 4.79 Å². The van der Waals surface area contributed by atoms with Crippen LogP contribution in [0.25, 0.3) is 0 Å². The highest BCUT2D eigenvalue weighted by Gasteiger charge is 2.23. The third kappa shape index (κ3) is 2.61. The molecule has 1 saturated heterocycles. The van der Waals surface area contributed by atoms with Gasteiger partial charge in [0.15, 0.2) is 0 Å². The quantitative estimate of drug-likeness (QED) is 0.903. The van der Waals surface area contributed by atoms with E-state index in [1.165, 1.54) is 0 Å². The number of hydrogen-bond donors (Lipinski definition) is 2. The second kappa shape index (κ2) is 5.67. The number of nitrogens with zero attached hydrogens (tertiary/aromatic N) is 4. The number of carbonyl (C=O) groups is 1. The summed E-state index contributed by atoms with van der Waals surface area (Å²) in [6, 6.07) is 6.02. The van der Waals surface area contributed by atoms with Gasteiger partial charge in [0.05, 0.1) is 11.7 Å². The van der Waals surface area contributed by atoms with E-state index in [2.05, 4.69) is 20.7 Å². The largest absolute Gasteiger partial charge is 0.375 e. The van der Waals surface area contributed by atoms with E-state index in [4.69, 9.17) is 0 Å². The maximum Gasteiger partial charge on any atom is 0.322 e. The van der Waals surface area contributed by atoms with Crippen LogP contribution in [-0.2, 0) is 7.05 Å². The van der Waals surface area contributed by atoms with Crippen molar-refractivity contribution in [2.24, 2.45) is 7.05 Å². The molecule has 1 aromatic carbocycles. The number of aromatic nitrogens is 3. The van der Waals surface area contributed by atoms with Gasteiger partial charge in [0.2, 0.25) is 0 Å². The van der Waals surface area contributed by atoms with E-state index in [1.54, 1.807) is 15.9 Å². The second-order valence-corrected chi connectivity index (χ2v) is 5.49. The average Bonchev–Trinajstić information content (AvgIpc) is 3.09. The van der Waals surface area contributed by atoms with E-state index in [9.17, 15) is 4.79 Å². The second-order valence-electron chi connectivity index (χ2n) is 5.49. The Labute approximate surface area is 129 Å². The third-order valence-corrected chi connectivity index (χ3v) is 3.87. The van der Waals surface area contributed by atoms with Crippen LogP contribution in [0.15, 0.2) is 24.5 Å². The minimum Gasteiger partial charge on any atom is -0.375 e. The molecular weight excluding hydrogens is 280 g/mol. The molecule has 7 heteroatoms. The van der Waals surface area contributed by atoms with Crippen molar-refractivity contribution in [3.8, 4) is 0 Å². The molecule has 22 heavy (non-hydrogen) atoms. The average molecular weight is 300 g/mol. The van der Waals surface area contributed by atoms with Gasteiger partial charge in [-0.15, -0.1) is 0 Å². The monoisotopic (exact) mass is 300 g/mol. The lowest BCUT2D eigenvalue weighted by Crippen LogP contribution is -2.28. The van der Waals surface area contributed by atoms with E-state index in [0.717, 1.165) is 22.8 Å². The van der Waals surface area contributed by atoms with Gasteiger partial charge < -0.3 is 10.6 Å². The highest BCUT2D eigenvalue weighted by atomic mass is 16.2. The van der Waals surface area contributed by atoms with Crippen molar-refractivity contribution in [1.82, 2.24) is 20.1 Å². The summed E-state index contributed by atoms with van der Waals surface area (Å²) in [5, 5.41) is 10.3. The number of amides is 2. The predicted molar refractivity (Wildman–Crippen MR) is 85.0 cm³/mol. The molecule has 0 radical (unpaired) electrons. The molecule has 1 fully saturated rings. The molecule has 1 aromatic heterocycles. The first kappa shape index (κ1) is 14.4. The molecule has 2 heterocycles. The number of hydrogen-bond acceptors (Lipinski definition) is 4. The predicted octanol–water partition coefficient (Wildman–Crippen LogP) is 1.83. The summed E-state index contributed by atoms with van der Waals surface area (Å²) < 4.78 is 1.75. The highest BCUT2D eigenvalue weighted by molar-refractivity contribution is 5.95. The lowest BCUT2D eigenvalue weighted by atomic mass is 10.1.